The van der Waals surface area contributed by atoms with Crippen LogP contribution in [0.2, 0.25) is 0 Å². The van der Waals surface area contributed by atoms with Gasteiger partial charge in [-0.05, 0) is 20.8 Å². The van der Waals surface area contributed by atoms with Gasteiger partial charge in [-0.1, -0.05) is 0 Å². The standard InChI is InChI=1S/C10H16ClN3O4S/c1-6-8(19(11,16)17)7(14-13-6)9(15)12-10(2,3)5-18-4/h5H2,1-4H3,(H,12,15)(H,13,14). The molecule has 2 N–H and O–H groups in total. The van der Waals surface area contributed by atoms with Crippen LogP contribution in [0, 0.1) is 6.92 Å². The Morgan fingerprint density at radius 2 is 2.11 bits per heavy atom. The molecule has 1 heterocycles. The number of amides is 1. The highest BCUT2D eigenvalue weighted by Gasteiger charge is 2.29. The second-order valence-electron chi connectivity index (χ2n) is 4.74. The zero-order valence-electron chi connectivity index (χ0n) is 11.1. The Bertz CT molecular complexity index is 580. The molecular formula is C10H16ClN3O4S. The zero-order chi connectivity index (χ0) is 14.8. The molecule has 0 aliphatic rings. The maximum Gasteiger partial charge on any atom is 0.273 e. The van der Waals surface area contributed by atoms with Crippen molar-refractivity contribution in [1.29, 1.82) is 0 Å². The summed E-state index contributed by atoms with van der Waals surface area (Å²) >= 11 is 0. The third kappa shape index (κ3) is 3.92. The van der Waals surface area contributed by atoms with Crippen LogP contribution < -0.4 is 5.32 Å². The van der Waals surface area contributed by atoms with Gasteiger partial charge in [0.2, 0.25) is 0 Å². The lowest BCUT2D eigenvalue weighted by atomic mass is 10.1. The Labute approximate surface area is 116 Å². The number of hydrogen-bond acceptors (Lipinski definition) is 5. The highest BCUT2D eigenvalue weighted by Crippen LogP contribution is 2.22. The SMILES string of the molecule is COCC(C)(C)NC(=O)c1n[nH]c(C)c1S(=O)(=O)Cl. The smallest absolute Gasteiger partial charge is 0.273 e. The van der Waals surface area contributed by atoms with Crippen molar-refractivity contribution < 1.29 is 17.9 Å². The van der Waals surface area contributed by atoms with Crippen LogP contribution in [0.5, 0.6) is 0 Å². The van der Waals surface area contributed by atoms with E-state index < -0.39 is 20.5 Å². The third-order valence-corrected chi connectivity index (χ3v) is 3.76. The molecule has 0 bridgehead atoms. The quantitative estimate of drug-likeness (QED) is 0.783. The van der Waals surface area contributed by atoms with Crippen molar-refractivity contribution in [3.8, 4) is 0 Å². The number of hydrogen-bond donors (Lipinski definition) is 2. The van der Waals surface area contributed by atoms with Gasteiger partial charge in [-0.15, -0.1) is 0 Å². The molecule has 0 aromatic carbocycles. The largest absolute Gasteiger partial charge is 0.382 e. The van der Waals surface area contributed by atoms with Gasteiger partial charge in [0, 0.05) is 17.8 Å². The van der Waals surface area contributed by atoms with Crippen LogP contribution in [-0.4, -0.2) is 43.8 Å². The third-order valence-electron chi connectivity index (χ3n) is 2.31. The lowest BCUT2D eigenvalue weighted by Gasteiger charge is -2.24. The average molecular weight is 310 g/mol. The summed E-state index contributed by atoms with van der Waals surface area (Å²) in [5, 5.41) is 8.75. The van der Waals surface area contributed by atoms with E-state index in [1.165, 1.54) is 14.0 Å². The molecule has 7 nitrogen and oxygen atoms in total. The topological polar surface area (TPSA) is 101 Å². The van der Waals surface area contributed by atoms with Crippen molar-refractivity contribution in [2.45, 2.75) is 31.2 Å². The number of nitrogens with one attached hydrogen (secondary N) is 2. The predicted octanol–water partition coefficient (Wildman–Crippen LogP) is 0.800. The van der Waals surface area contributed by atoms with E-state index in [2.05, 4.69) is 15.5 Å². The summed E-state index contributed by atoms with van der Waals surface area (Å²) in [6.07, 6.45) is 0. The van der Waals surface area contributed by atoms with Crippen molar-refractivity contribution in [3.63, 3.8) is 0 Å². The van der Waals surface area contributed by atoms with Crippen LogP contribution in [0.25, 0.3) is 0 Å². The fourth-order valence-corrected chi connectivity index (χ4v) is 2.98. The van der Waals surface area contributed by atoms with E-state index in [1.54, 1.807) is 13.8 Å². The maximum atomic E-state index is 12.0. The average Bonchev–Trinajstić information content (AvgIpc) is 2.58. The van der Waals surface area contributed by atoms with Gasteiger partial charge in [0.25, 0.3) is 15.0 Å². The van der Waals surface area contributed by atoms with Crippen LogP contribution in [0.3, 0.4) is 0 Å². The number of aromatic nitrogens is 2. The van der Waals surface area contributed by atoms with Crippen molar-refractivity contribution >= 4 is 25.6 Å². The number of ether oxygens (including phenoxy) is 1. The summed E-state index contributed by atoms with van der Waals surface area (Å²) in [6.45, 7) is 5.22. The molecular weight excluding hydrogens is 294 g/mol. The van der Waals surface area contributed by atoms with Crippen LogP contribution in [0.4, 0.5) is 0 Å². The molecule has 1 aromatic rings. The first-order valence-corrected chi connectivity index (χ1v) is 7.70. The molecule has 9 heteroatoms. The van der Waals surface area contributed by atoms with E-state index in [4.69, 9.17) is 15.4 Å². The predicted molar refractivity (Wildman–Crippen MR) is 69.8 cm³/mol. The minimum absolute atomic E-state index is 0.213. The summed E-state index contributed by atoms with van der Waals surface area (Å²) in [7, 11) is 2.75. The number of carbonyl (C=O) groups is 1. The van der Waals surface area contributed by atoms with E-state index in [-0.39, 0.29) is 22.9 Å². The number of H-pyrrole nitrogens is 1. The molecule has 0 fully saturated rings. The first-order valence-electron chi connectivity index (χ1n) is 5.39. The molecule has 0 saturated heterocycles. The second kappa shape index (κ2) is 5.48. The van der Waals surface area contributed by atoms with Gasteiger partial charge in [-0.3, -0.25) is 9.89 Å². The molecule has 1 rings (SSSR count). The molecule has 1 amide bonds. The minimum Gasteiger partial charge on any atom is -0.382 e. The fraction of sp³-hybridized carbons (Fsp3) is 0.600. The fourth-order valence-electron chi connectivity index (χ4n) is 1.63. The zero-order valence-corrected chi connectivity index (χ0v) is 12.6. The van der Waals surface area contributed by atoms with Crippen molar-refractivity contribution in [2.75, 3.05) is 13.7 Å². The van der Waals surface area contributed by atoms with E-state index >= 15 is 0 Å². The van der Waals surface area contributed by atoms with E-state index in [1.807, 2.05) is 0 Å². The van der Waals surface area contributed by atoms with Crippen molar-refractivity contribution in [3.05, 3.63) is 11.4 Å². The molecule has 108 valence electrons. The molecule has 0 unspecified atom stereocenters. The Morgan fingerprint density at radius 1 is 1.53 bits per heavy atom. The minimum atomic E-state index is -4.05. The highest BCUT2D eigenvalue weighted by molar-refractivity contribution is 8.13. The van der Waals surface area contributed by atoms with E-state index in [0.29, 0.717) is 0 Å². The molecule has 0 spiro atoms. The van der Waals surface area contributed by atoms with Crippen molar-refractivity contribution in [1.82, 2.24) is 15.5 Å². The molecule has 0 aliphatic carbocycles. The van der Waals surface area contributed by atoms with Crippen LogP contribution in [0.15, 0.2) is 4.90 Å². The maximum absolute atomic E-state index is 12.0. The van der Waals surface area contributed by atoms with Gasteiger partial charge in [0.1, 0.15) is 4.90 Å². The summed E-state index contributed by atoms with van der Waals surface area (Å²) in [6, 6.07) is 0. The van der Waals surface area contributed by atoms with Gasteiger partial charge in [-0.25, -0.2) is 8.42 Å². The van der Waals surface area contributed by atoms with Crippen LogP contribution in [0.1, 0.15) is 30.0 Å². The number of carbonyl (C=O) groups excluding carboxylic acids is 1. The van der Waals surface area contributed by atoms with Crippen molar-refractivity contribution in [2.24, 2.45) is 0 Å². The number of aromatic amines is 1. The van der Waals surface area contributed by atoms with Gasteiger partial charge < -0.3 is 10.1 Å². The number of methoxy groups -OCH3 is 1. The Kier molecular flexibility index (Phi) is 4.59. The normalized spacial score (nSPS) is 12.5. The summed E-state index contributed by atoms with van der Waals surface area (Å²) in [5.41, 5.74) is -0.701. The van der Waals surface area contributed by atoms with Crippen LogP contribution in [-0.2, 0) is 13.8 Å². The monoisotopic (exact) mass is 309 g/mol. The molecule has 0 atom stereocenters. The summed E-state index contributed by atoms with van der Waals surface area (Å²) < 4.78 is 27.8. The van der Waals surface area contributed by atoms with Gasteiger partial charge in [0.05, 0.1) is 17.8 Å². The lowest BCUT2D eigenvalue weighted by Crippen LogP contribution is -2.47. The second-order valence-corrected chi connectivity index (χ2v) is 7.24. The Hall–Kier alpha value is -1.12. The number of rotatable bonds is 5. The number of nitrogens with zero attached hydrogens (tertiary/aromatic N) is 1. The first-order chi connectivity index (χ1) is 8.58. The Morgan fingerprint density at radius 3 is 2.58 bits per heavy atom. The number of halogens is 1. The highest BCUT2D eigenvalue weighted by atomic mass is 35.7. The number of aryl methyl sites for hydroxylation is 1. The molecule has 1 aromatic heterocycles. The van der Waals surface area contributed by atoms with Gasteiger partial charge >= 0.3 is 0 Å². The van der Waals surface area contributed by atoms with Gasteiger partial charge in [0.15, 0.2) is 5.69 Å². The van der Waals surface area contributed by atoms with Gasteiger partial charge in [-0.2, -0.15) is 5.10 Å². The molecule has 19 heavy (non-hydrogen) atoms. The summed E-state index contributed by atoms with van der Waals surface area (Å²) in [5.74, 6) is -0.634. The Balaban J connectivity index is 3.09. The molecule has 0 saturated carbocycles. The van der Waals surface area contributed by atoms with Crippen LogP contribution >= 0.6 is 10.7 Å². The molecule has 0 radical (unpaired) electrons. The first kappa shape index (κ1) is 15.9. The van der Waals surface area contributed by atoms with E-state index in [9.17, 15) is 13.2 Å². The lowest BCUT2D eigenvalue weighted by molar-refractivity contribution is 0.0812. The summed E-state index contributed by atoms with van der Waals surface area (Å²) in [4.78, 5) is 11.7. The van der Waals surface area contributed by atoms with E-state index in [0.717, 1.165) is 0 Å². The molecule has 0 aliphatic heterocycles.